The summed E-state index contributed by atoms with van der Waals surface area (Å²) in [6, 6.07) is 17.0. The molecule has 2 atom stereocenters. The van der Waals surface area contributed by atoms with E-state index in [9.17, 15) is 4.79 Å². The van der Waals surface area contributed by atoms with Crippen LogP contribution in [0.5, 0.6) is 0 Å². The van der Waals surface area contributed by atoms with Crippen LogP contribution in [0.3, 0.4) is 0 Å². The number of pyridine rings is 1. The second kappa shape index (κ2) is 12.3. The lowest BCUT2D eigenvalue weighted by Crippen LogP contribution is -2.36. The first kappa shape index (κ1) is 29.6. The number of imidazole rings is 2. The number of benzene rings is 2. The van der Waals surface area contributed by atoms with Crippen molar-refractivity contribution in [1.29, 1.82) is 0 Å². The molecule has 0 radical (unpaired) electrons. The van der Waals surface area contributed by atoms with Crippen LogP contribution in [0, 0.1) is 0 Å². The van der Waals surface area contributed by atoms with Gasteiger partial charge in [-0.2, -0.15) is 0 Å². The molecule has 2 N–H and O–H groups in total. The molecule has 2 aromatic carbocycles. The summed E-state index contributed by atoms with van der Waals surface area (Å²) < 4.78 is 5.63. The number of nitrogens with zero attached hydrogens (tertiary/aromatic N) is 4. The average Bonchev–Trinajstić information content (AvgIpc) is 3.80. The predicted molar refractivity (Wildman–Crippen MR) is 175 cm³/mol. The largest absolute Gasteiger partial charge is 0.444 e. The zero-order valence-corrected chi connectivity index (χ0v) is 26.4. The van der Waals surface area contributed by atoms with Crippen molar-refractivity contribution >= 4 is 17.0 Å². The van der Waals surface area contributed by atoms with Crippen molar-refractivity contribution in [3.8, 4) is 33.6 Å². The SMILES string of the molecule is CCCC[C@H](C)c1ncc(-c2ccc(-c3ccc4cc(-c5cnc([C@@H]6CCCN6C(=O)OC(C)(C)C)[nH]5)cnc4c3)cc2)[nH]1. The van der Waals surface area contributed by atoms with Gasteiger partial charge in [-0.1, -0.05) is 63.1 Å². The molecule has 1 fully saturated rings. The van der Waals surface area contributed by atoms with Crippen LogP contribution in [0.2, 0.25) is 0 Å². The molecule has 5 aromatic rings. The first-order valence-electron chi connectivity index (χ1n) is 15.8. The summed E-state index contributed by atoms with van der Waals surface area (Å²) in [5.41, 5.74) is 6.68. The molecule has 44 heavy (non-hydrogen) atoms. The van der Waals surface area contributed by atoms with Gasteiger partial charge >= 0.3 is 6.09 Å². The van der Waals surface area contributed by atoms with Crippen LogP contribution in [0.4, 0.5) is 4.79 Å². The molecule has 228 valence electrons. The highest BCUT2D eigenvalue weighted by Gasteiger charge is 2.34. The number of hydrogen-bond acceptors (Lipinski definition) is 5. The van der Waals surface area contributed by atoms with E-state index in [1.165, 1.54) is 12.8 Å². The molecule has 1 aliphatic rings. The van der Waals surface area contributed by atoms with E-state index in [0.717, 1.165) is 75.5 Å². The highest BCUT2D eigenvalue weighted by atomic mass is 16.6. The van der Waals surface area contributed by atoms with Gasteiger partial charge in [-0.3, -0.25) is 9.88 Å². The number of likely N-dealkylation sites (tertiary alicyclic amines) is 1. The average molecular weight is 591 g/mol. The van der Waals surface area contributed by atoms with E-state index in [4.69, 9.17) is 9.72 Å². The third kappa shape index (κ3) is 6.39. The monoisotopic (exact) mass is 590 g/mol. The van der Waals surface area contributed by atoms with Crippen molar-refractivity contribution in [3.05, 3.63) is 78.8 Å². The van der Waals surface area contributed by atoms with E-state index in [1.54, 1.807) is 4.90 Å². The Balaban J connectivity index is 1.16. The molecule has 0 aliphatic carbocycles. The zero-order valence-electron chi connectivity index (χ0n) is 26.4. The van der Waals surface area contributed by atoms with E-state index < -0.39 is 5.60 Å². The number of ether oxygens (including phenoxy) is 1. The van der Waals surface area contributed by atoms with Crippen molar-refractivity contribution < 1.29 is 9.53 Å². The van der Waals surface area contributed by atoms with Gasteiger partial charge < -0.3 is 14.7 Å². The van der Waals surface area contributed by atoms with Gasteiger partial charge in [0.15, 0.2) is 0 Å². The number of rotatable bonds is 8. The second-order valence-electron chi connectivity index (χ2n) is 12.9. The van der Waals surface area contributed by atoms with Crippen LogP contribution in [0.1, 0.15) is 90.3 Å². The fourth-order valence-corrected chi connectivity index (χ4v) is 5.91. The maximum Gasteiger partial charge on any atom is 0.410 e. The van der Waals surface area contributed by atoms with Gasteiger partial charge in [0.2, 0.25) is 0 Å². The van der Waals surface area contributed by atoms with Crippen molar-refractivity contribution in [2.75, 3.05) is 6.54 Å². The molecular formula is C36H42N6O2. The minimum atomic E-state index is -0.532. The number of aromatic amines is 2. The van der Waals surface area contributed by atoms with E-state index in [2.05, 4.69) is 82.3 Å². The third-order valence-corrected chi connectivity index (χ3v) is 8.37. The van der Waals surface area contributed by atoms with E-state index in [1.807, 2.05) is 39.4 Å². The summed E-state index contributed by atoms with van der Waals surface area (Å²) in [6.07, 6.45) is 10.7. The number of unbranched alkanes of at least 4 members (excludes halogenated alkanes) is 1. The van der Waals surface area contributed by atoms with E-state index in [-0.39, 0.29) is 12.1 Å². The van der Waals surface area contributed by atoms with E-state index >= 15 is 0 Å². The van der Waals surface area contributed by atoms with Crippen molar-refractivity contribution in [2.45, 2.75) is 84.3 Å². The van der Waals surface area contributed by atoms with Crippen molar-refractivity contribution in [2.24, 2.45) is 0 Å². The lowest BCUT2D eigenvalue weighted by atomic mass is 10.0. The molecule has 0 unspecified atom stereocenters. The van der Waals surface area contributed by atoms with Gasteiger partial charge in [0.25, 0.3) is 0 Å². The Kier molecular flexibility index (Phi) is 8.25. The zero-order chi connectivity index (χ0) is 30.8. The van der Waals surface area contributed by atoms with Gasteiger partial charge in [-0.25, -0.2) is 14.8 Å². The minimum absolute atomic E-state index is 0.120. The topological polar surface area (TPSA) is 99.8 Å². The maximum atomic E-state index is 12.8. The molecule has 1 aliphatic heterocycles. The van der Waals surface area contributed by atoms with Crippen LogP contribution >= 0.6 is 0 Å². The highest BCUT2D eigenvalue weighted by Crippen LogP contribution is 2.34. The molecule has 6 rings (SSSR count). The smallest absolute Gasteiger partial charge is 0.410 e. The molecule has 0 spiro atoms. The van der Waals surface area contributed by atoms with Crippen molar-refractivity contribution in [1.82, 2.24) is 29.8 Å². The number of carbonyl (C=O) groups excluding carboxylic acids is 1. The number of amides is 1. The molecule has 1 saturated heterocycles. The van der Waals surface area contributed by atoms with Crippen molar-refractivity contribution in [3.63, 3.8) is 0 Å². The summed E-state index contributed by atoms with van der Waals surface area (Å²) >= 11 is 0. The Morgan fingerprint density at radius 1 is 0.932 bits per heavy atom. The van der Waals surface area contributed by atoms with Gasteiger partial charge in [0.1, 0.15) is 17.2 Å². The van der Waals surface area contributed by atoms with Crippen LogP contribution in [0.15, 0.2) is 67.1 Å². The minimum Gasteiger partial charge on any atom is -0.444 e. The first-order valence-corrected chi connectivity index (χ1v) is 15.8. The summed E-state index contributed by atoms with van der Waals surface area (Å²) in [4.78, 5) is 35.6. The van der Waals surface area contributed by atoms with Crippen LogP contribution in [0.25, 0.3) is 44.5 Å². The Morgan fingerprint density at radius 3 is 2.43 bits per heavy atom. The lowest BCUT2D eigenvalue weighted by Gasteiger charge is -2.27. The lowest BCUT2D eigenvalue weighted by molar-refractivity contribution is 0.0218. The van der Waals surface area contributed by atoms with Crippen LogP contribution in [-0.2, 0) is 4.74 Å². The standard InChI is InChI=1S/C36H42N6O2/c1-6-7-9-23(2)33-38-21-30(40-33)25-13-11-24(12-14-25)26-15-16-27-18-28(20-37-29(27)19-26)31-22-39-34(41-31)32-10-8-17-42(32)35(43)44-36(3,4)5/h11-16,18-23,32H,6-10,17H2,1-5H3,(H,38,40)(H,39,41)/t23-,32-/m0/s1. The second-order valence-corrected chi connectivity index (χ2v) is 12.9. The normalized spacial score (nSPS) is 16.0. The molecule has 0 bridgehead atoms. The number of aromatic nitrogens is 5. The molecular weight excluding hydrogens is 548 g/mol. The number of fused-ring (bicyclic) bond motifs is 1. The molecule has 1 amide bonds. The number of nitrogens with one attached hydrogen (secondary N) is 2. The molecule has 8 nitrogen and oxygen atoms in total. The highest BCUT2D eigenvalue weighted by molar-refractivity contribution is 5.87. The van der Waals surface area contributed by atoms with Crippen LogP contribution < -0.4 is 0 Å². The Bertz CT molecular complexity index is 1750. The van der Waals surface area contributed by atoms with Gasteiger partial charge in [0.05, 0.1) is 35.3 Å². The summed E-state index contributed by atoms with van der Waals surface area (Å²) in [7, 11) is 0. The van der Waals surface area contributed by atoms with Gasteiger partial charge in [-0.05, 0) is 68.9 Å². The summed E-state index contributed by atoms with van der Waals surface area (Å²) in [5, 5.41) is 1.05. The van der Waals surface area contributed by atoms with Crippen LogP contribution in [-0.4, -0.2) is 48.1 Å². The number of carbonyl (C=O) groups is 1. The fourth-order valence-electron chi connectivity index (χ4n) is 5.91. The fraction of sp³-hybridized carbons (Fsp3) is 0.389. The number of hydrogen-bond donors (Lipinski definition) is 2. The molecule has 3 aromatic heterocycles. The van der Waals surface area contributed by atoms with Gasteiger partial charge in [0, 0.05) is 29.6 Å². The third-order valence-electron chi connectivity index (χ3n) is 8.37. The maximum absolute atomic E-state index is 12.8. The van der Waals surface area contributed by atoms with E-state index in [0.29, 0.717) is 12.5 Å². The molecule has 4 heterocycles. The Hall–Kier alpha value is -4.46. The summed E-state index contributed by atoms with van der Waals surface area (Å²) in [5.74, 6) is 2.27. The Labute approximate surface area is 259 Å². The Morgan fingerprint density at radius 2 is 1.66 bits per heavy atom. The molecule has 8 heteroatoms. The first-order chi connectivity index (χ1) is 21.2. The summed E-state index contributed by atoms with van der Waals surface area (Å²) in [6.45, 7) is 10.8. The number of H-pyrrole nitrogens is 2. The molecule has 0 saturated carbocycles. The predicted octanol–water partition coefficient (Wildman–Crippen LogP) is 9.05. The van der Waals surface area contributed by atoms with Gasteiger partial charge in [-0.15, -0.1) is 0 Å². The quantitative estimate of drug-likeness (QED) is 0.188.